The van der Waals surface area contributed by atoms with E-state index < -0.39 is 12.1 Å². The third kappa shape index (κ3) is 71.3. The zero-order valence-electron chi connectivity index (χ0n) is 57.9. The van der Waals surface area contributed by atoms with Gasteiger partial charge in [-0.3, -0.25) is 9.59 Å². The zero-order valence-corrected chi connectivity index (χ0v) is 57.9. The number of nitrogens with one attached hydrogen (secondary N) is 1. The molecule has 85 heavy (non-hydrogen) atoms. The fourth-order valence-corrected chi connectivity index (χ4v) is 12.5. The molecule has 6 nitrogen and oxygen atoms in total. The molecule has 0 aliphatic rings. The molecule has 0 aliphatic heterocycles. The number of aliphatic hydroxyl groups excluding tert-OH is 2. The van der Waals surface area contributed by atoms with Crippen LogP contribution in [0.1, 0.15) is 444 Å². The van der Waals surface area contributed by atoms with E-state index in [1.165, 1.54) is 372 Å². The molecule has 0 aromatic heterocycles. The van der Waals surface area contributed by atoms with Gasteiger partial charge < -0.3 is 20.3 Å². The summed E-state index contributed by atoms with van der Waals surface area (Å²) in [6.45, 7) is 4.95. The molecule has 0 fully saturated rings. The van der Waals surface area contributed by atoms with Gasteiger partial charge in [0.05, 0.1) is 25.4 Å². The van der Waals surface area contributed by atoms with E-state index in [2.05, 4.69) is 31.3 Å². The van der Waals surface area contributed by atoms with Crippen molar-refractivity contribution in [1.82, 2.24) is 5.32 Å². The van der Waals surface area contributed by atoms with Crippen LogP contribution in [0.25, 0.3) is 0 Å². The van der Waals surface area contributed by atoms with Gasteiger partial charge in [-0.25, -0.2) is 0 Å². The van der Waals surface area contributed by atoms with Gasteiger partial charge in [0.2, 0.25) is 5.91 Å². The van der Waals surface area contributed by atoms with Gasteiger partial charge in [-0.1, -0.05) is 398 Å². The van der Waals surface area contributed by atoms with Crippen molar-refractivity contribution in [2.75, 3.05) is 13.2 Å². The molecule has 0 aromatic carbocycles. The smallest absolute Gasteiger partial charge is 0.305 e. The second kappa shape index (κ2) is 74.8. The number of aliphatic hydroxyl groups is 2. The Morgan fingerprint density at radius 2 is 0.553 bits per heavy atom. The Hall–Kier alpha value is -1.66. The molecule has 0 aliphatic carbocycles. The topological polar surface area (TPSA) is 95.9 Å². The van der Waals surface area contributed by atoms with Crippen molar-refractivity contribution in [2.45, 2.75) is 456 Å². The number of esters is 1. The number of allylic oxidation sites excluding steroid dienone is 3. The minimum absolute atomic E-state index is 0.0122. The molecule has 0 spiro atoms. The Labute approximate surface area is 532 Å². The van der Waals surface area contributed by atoms with Crippen LogP contribution in [-0.2, 0) is 14.3 Å². The molecule has 1 amide bonds. The first-order chi connectivity index (χ1) is 42.0. The highest BCUT2D eigenvalue weighted by molar-refractivity contribution is 5.76. The third-order valence-corrected chi connectivity index (χ3v) is 18.5. The summed E-state index contributed by atoms with van der Waals surface area (Å²) in [5.74, 6) is -0.0470. The monoisotopic (exact) mass is 1200 g/mol. The predicted octanol–water partition coefficient (Wildman–Crippen LogP) is 25.7. The zero-order chi connectivity index (χ0) is 61.3. The van der Waals surface area contributed by atoms with Crippen LogP contribution in [0.4, 0.5) is 0 Å². The van der Waals surface area contributed by atoms with E-state index in [-0.39, 0.29) is 18.5 Å². The van der Waals surface area contributed by atoms with Gasteiger partial charge in [0, 0.05) is 12.8 Å². The van der Waals surface area contributed by atoms with Crippen molar-refractivity contribution in [2.24, 2.45) is 0 Å². The van der Waals surface area contributed by atoms with Crippen molar-refractivity contribution in [1.29, 1.82) is 0 Å². The Bertz CT molecular complexity index is 1330. The van der Waals surface area contributed by atoms with Crippen LogP contribution in [0.3, 0.4) is 0 Å². The molecule has 0 bridgehead atoms. The first-order valence-electron chi connectivity index (χ1n) is 39.1. The Morgan fingerprint density at radius 1 is 0.318 bits per heavy atom. The minimum atomic E-state index is -0.843. The van der Waals surface area contributed by atoms with E-state index in [9.17, 15) is 19.8 Å². The quantitative estimate of drug-likeness (QED) is 0.0320. The molecular formula is C79H153NO5. The second-order valence-corrected chi connectivity index (χ2v) is 27.0. The van der Waals surface area contributed by atoms with Crippen molar-refractivity contribution >= 4 is 11.9 Å². The van der Waals surface area contributed by atoms with Crippen molar-refractivity contribution in [3.05, 3.63) is 24.3 Å². The van der Waals surface area contributed by atoms with E-state index in [1.54, 1.807) is 6.08 Å². The third-order valence-electron chi connectivity index (χ3n) is 18.5. The lowest BCUT2D eigenvalue weighted by Gasteiger charge is -2.20. The van der Waals surface area contributed by atoms with Crippen LogP contribution < -0.4 is 5.32 Å². The summed E-state index contributed by atoms with van der Waals surface area (Å²) >= 11 is 0. The number of hydrogen-bond donors (Lipinski definition) is 3. The van der Waals surface area contributed by atoms with Crippen LogP contribution in [0, 0.1) is 0 Å². The average molecular weight is 1200 g/mol. The van der Waals surface area contributed by atoms with Crippen molar-refractivity contribution in [3.63, 3.8) is 0 Å². The van der Waals surface area contributed by atoms with Crippen LogP contribution in [0.15, 0.2) is 24.3 Å². The second-order valence-electron chi connectivity index (χ2n) is 27.0. The Kier molecular flexibility index (Phi) is 73.3. The fourth-order valence-electron chi connectivity index (χ4n) is 12.5. The van der Waals surface area contributed by atoms with Gasteiger partial charge in [0.25, 0.3) is 0 Å². The molecule has 0 radical (unpaired) electrons. The molecule has 0 aromatic rings. The van der Waals surface area contributed by atoms with Crippen molar-refractivity contribution in [3.8, 4) is 0 Å². The lowest BCUT2D eigenvalue weighted by molar-refractivity contribution is -0.143. The number of rotatable bonds is 74. The van der Waals surface area contributed by atoms with Gasteiger partial charge >= 0.3 is 5.97 Å². The molecule has 0 saturated carbocycles. The number of amides is 1. The fraction of sp³-hybridized carbons (Fsp3) is 0.924. The maximum atomic E-state index is 12.6. The maximum absolute atomic E-state index is 12.6. The summed E-state index contributed by atoms with van der Waals surface area (Å²) in [4.78, 5) is 24.6. The van der Waals surface area contributed by atoms with Crippen LogP contribution >= 0.6 is 0 Å². The van der Waals surface area contributed by atoms with Gasteiger partial charge in [0.15, 0.2) is 0 Å². The molecule has 2 atom stereocenters. The minimum Gasteiger partial charge on any atom is -0.466 e. The van der Waals surface area contributed by atoms with Crippen LogP contribution in [0.5, 0.6) is 0 Å². The molecule has 3 N–H and O–H groups in total. The summed E-state index contributed by atoms with van der Waals surface area (Å²) in [5, 5.41) is 23.3. The van der Waals surface area contributed by atoms with Crippen LogP contribution in [0.2, 0.25) is 0 Å². The Morgan fingerprint density at radius 3 is 0.835 bits per heavy atom. The van der Waals surface area contributed by atoms with Crippen LogP contribution in [-0.4, -0.2) is 47.4 Å². The molecule has 504 valence electrons. The largest absolute Gasteiger partial charge is 0.466 e. The van der Waals surface area contributed by atoms with E-state index in [1.807, 2.05) is 6.08 Å². The lowest BCUT2D eigenvalue weighted by atomic mass is 10.0. The number of ether oxygens (including phenoxy) is 1. The highest BCUT2D eigenvalue weighted by Crippen LogP contribution is 2.20. The summed E-state index contributed by atoms with van der Waals surface area (Å²) in [6.07, 6.45) is 95.8. The highest BCUT2D eigenvalue weighted by atomic mass is 16.5. The summed E-state index contributed by atoms with van der Waals surface area (Å²) in [6, 6.07) is -0.626. The highest BCUT2D eigenvalue weighted by Gasteiger charge is 2.18. The standard InChI is InChI=1S/C79H153NO5/c1-3-5-7-9-11-13-15-17-19-20-21-22-23-31-34-37-40-44-47-51-55-59-63-67-71-77(82)76(75-81)80-78(83)72-68-64-60-56-52-48-45-41-38-35-32-29-27-25-24-26-28-30-33-36-39-42-46-50-54-58-62-66-70-74-85-79(84)73-69-65-61-57-53-49-43-18-16-14-12-10-8-6-4-2/h18,43,67,71,76-77,81-82H,3-17,19-42,44-66,68-70,72-75H2,1-2H3,(H,80,83)/b43-18-,71-67+. The molecule has 2 unspecified atom stereocenters. The molecular weight excluding hydrogens is 1040 g/mol. The predicted molar refractivity (Wildman–Crippen MR) is 375 cm³/mol. The SMILES string of the molecule is CCCCCCCC/C=C\CCCCCCCC(=O)OCCCCCCCCCCCCCCCCCCCCCCCCCCCCCCCC(=O)NC(CO)C(O)/C=C/CCCCCCCCCCCCCCCCCCCCCCCC. The Balaban J connectivity index is 3.36. The normalized spacial score (nSPS) is 12.6. The first-order valence-corrected chi connectivity index (χ1v) is 39.1. The first kappa shape index (κ1) is 83.3. The summed E-state index contributed by atoms with van der Waals surface area (Å²) < 4.78 is 5.50. The molecule has 0 rings (SSSR count). The van der Waals surface area contributed by atoms with E-state index in [0.29, 0.717) is 19.4 Å². The number of hydrogen-bond acceptors (Lipinski definition) is 5. The lowest BCUT2D eigenvalue weighted by Crippen LogP contribution is -2.45. The van der Waals surface area contributed by atoms with E-state index in [0.717, 1.165) is 44.9 Å². The maximum Gasteiger partial charge on any atom is 0.305 e. The van der Waals surface area contributed by atoms with E-state index in [4.69, 9.17) is 4.74 Å². The van der Waals surface area contributed by atoms with Crippen molar-refractivity contribution < 1.29 is 24.5 Å². The number of carbonyl (C=O) groups is 2. The van der Waals surface area contributed by atoms with E-state index >= 15 is 0 Å². The number of carbonyl (C=O) groups excluding carboxylic acids is 2. The van der Waals surface area contributed by atoms with Gasteiger partial charge in [-0.2, -0.15) is 0 Å². The van der Waals surface area contributed by atoms with Gasteiger partial charge in [-0.15, -0.1) is 0 Å². The van der Waals surface area contributed by atoms with Gasteiger partial charge in [0.1, 0.15) is 0 Å². The molecule has 6 heteroatoms. The summed E-state index contributed by atoms with van der Waals surface area (Å²) in [7, 11) is 0. The summed E-state index contributed by atoms with van der Waals surface area (Å²) in [5.41, 5.74) is 0. The number of unbranched alkanes of at least 4 members (excludes halogenated alkanes) is 61. The average Bonchev–Trinajstić information content (AvgIpc) is 3.51. The molecule has 0 saturated heterocycles. The van der Waals surface area contributed by atoms with Gasteiger partial charge in [-0.05, 0) is 57.8 Å². The molecule has 0 heterocycles.